The van der Waals surface area contributed by atoms with E-state index in [0.29, 0.717) is 5.92 Å². The van der Waals surface area contributed by atoms with Crippen LogP contribution in [0.15, 0.2) is 30.7 Å². The van der Waals surface area contributed by atoms with Gasteiger partial charge in [0, 0.05) is 36.5 Å². The zero-order valence-corrected chi connectivity index (χ0v) is 9.72. The molecule has 0 bridgehead atoms. The molecule has 1 N–H and O–H groups in total. The second-order valence-electron chi connectivity index (χ2n) is 4.28. The van der Waals surface area contributed by atoms with E-state index < -0.39 is 0 Å². The Balaban J connectivity index is 1.91. The minimum Gasteiger partial charge on any atom is -0.373 e. The number of hydrogen-bond donors (Lipinski definition) is 1. The first-order valence-corrected chi connectivity index (χ1v) is 5.83. The van der Waals surface area contributed by atoms with Crippen LogP contribution in [0, 0.1) is 0 Å². The summed E-state index contributed by atoms with van der Waals surface area (Å²) in [6.45, 7) is 0. The van der Waals surface area contributed by atoms with Crippen LogP contribution >= 0.6 is 0 Å². The molecule has 2 aromatic rings. The summed E-state index contributed by atoms with van der Waals surface area (Å²) in [5.41, 5.74) is 3.14. The third-order valence-corrected chi connectivity index (χ3v) is 3.00. The molecule has 0 radical (unpaired) electrons. The first kappa shape index (κ1) is 10.2. The van der Waals surface area contributed by atoms with Crippen LogP contribution in [0.4, 0.5) is 5.82 Å². The summed E-state index contributed by atoms with van der Waals surface area (Å²) in [6, 6.07) is 6.12. The molecular weight excluding hydrogens is 212 g/mol. The topological polar surface area (TPSA) is 50.7 Å². The third-order valence-electron chi connectivity index (χ3n) is 3.00. The Bertz CT molecular complexity index is 517. The first-order valence-electron chi connectivity index (χ1n) is 5.83. The molecule has 0 aliphatic heterocycles. The van der Waals surface area contributed by atoms with Crippen LogP contribution < -0.4 is 5.32 Å². The number of rotatable bonds is 3. The van der Waals surface area contributed by atoms with E-state index in [1.54, 1.807) is 6.33 Å². The van der Waals surface area contributed by atoms with Crippen molar-refractivity contribution in [2.45, 2.75) is 18.8 Å². The summed E-state index contributed by atoms with van der Waals surface area (Å²) < 4.78 is 0. The van der Waals surface area contributed by atoms with E-state index in [4.69, 9.17) is 0 Å². The van der Waals surface area contributed by atoms with Gasteiger partial charge in [-0.05, 0) is 25.0 Å². The lowest BCUT2D eigenvalue weighted by atomic mass is 10.1. The van der Waals surface area contributed by atoms with Gasteiger partial charge in [0.15, 0.2) is 0 Å². The molecule has 0 saturated heterocycles. The predicted octanol–water partition coefficient (Wildman–Crippen LogP) is 2.46. The summed E-state index contributed by atoms with van der Waals surface area (Å²) in [7, 11) is 1.85. The lowest BCUT2D eigenvalue weighted by molar-refractivity contribution is 1.02. The smallest absolute Gasteiger partial charge is 0.129 e. The monoisotopic (exact) mass is 226 g/mol. The van der Waals surface area contributed by atoms with Crippen LogP contribution in [0.1, 0.15) is 24.5 Å². The molecule has 86 valence electrons. The Morgan fingerprint density at radius 3 is 2.71 bits per heavy atom. The summed E-state index contributed by atoms with van der Waals surface area (Å²) in [6.07, 6.45) is 6.03. The van der Waals surface area contributed by atoms with Gasteiger partial charge in [0.25, 0.3) is 0 Å². The number of anilines is 1. The van der Waals surface area contributed by atoms with E-state index in [9.17, 15) is 0 Å². The molecule has 1 aliphatic carbocycles. The van der Waals surface area contributed by atoms with Crippen LogP contribution in [-0.2, 0) is 0 Å². The zero-order chi connectivity index (χ0) is 11.7. The molecule has 2 heterocycles. The molecule has 0 atom stereocenters. The number of hydrogen-bond acceptors (Lipinski definition) is 4. The fourth-order valence-electron chi connectivity index (χ4n) is 1.83. The van der Waals surface area contributed by atoms with Crippen molar-refractivity contribution in [1.82, 2.24) is 15.0 Å². The minimum absolute atomic E-state index is 0.697. The third kappa shape index (κ3) is 2.11. The second kappa shape index (κ2) is 4.13. The number of nitrogens with one attached hydrogen (secondary N) is 1. The van der Waals surface area contributed by atoms with Crippen molar-refractivity contribution in [1.29, 1.82) is 0 Å². The Labute approximate surface area is 100 Å². The van der Waals surface area contributed by atoms with Gasteiger partial charge in [-0.3, -0.25) is 4.98 Å². The van der Waals surface area contributed by atoms with Crippen molar-refractivity contribution in [2.75, 3.05) is 12.4 Å². The van der Waals surface area contributed by atoms with Crippen molar-refractivity contribution in [2.24, 2.45) is 0 Å². The zero-order valence-electron chi connectivity index (χ0n) is 9.72. The largest absolute Gasteiger partial charge is 0.373 e. The molecule has 3 rings (SSSR count). The molecule has 0 amide bonds. The Kier molecular flexibility index (Phi) is 2.48. The van der Waals surface area contributed by atoms with Gasteiger partial charge in [0.2, 0.25) is 0 Å². The predicted molar refractivity (Wildman–Crippen MR) is 66.8 cm³/mol. The van der Waals surface area contributed by atoms with Crippen LogP contribution in [-0.4, -0.2) is 22.0 Å². The highest BCUT2D eigenvalue weighted by Crippen LogP contribution is 2.39. The Morgan fingerprint density at radius 1 is 1.18 bits per heavy atom. The van der Waals surface area contributed by atoms with E-state index in [2.05, 4.69) is 32.4 Å². The molecule has 0 spiro atoms. The number of pyridine rings is 1. The molecule has 1 saturated carbocycles. The maximum Gasteiger partial charge on any atom is 0.129 e. The van der Waals surface area contributed by atoms with E-state index in [-0.39, 0.29) is 0 Å². The quantitative estimate of drug-likeness (QED) is 0.873. The molecule has 2 aromatic heterocycles. The maximum atomic E-state index is 4.49. The lowest BCUT2D eigenvalue weighted by Crippen LogP contribution is -1.94. The highest BCUT2D eigenvalue weighted by atomic mass is 15.0. The SMILES string of the molecule is CNc1cc(-c2ccc(C3CC3)nc2)ncn1. The van der Waals surface area contributed by atoms with E-state index in [1.807, 2.05) is 19.3 Å². The van der Waals surface area contributed by atoms with Crippen LogP contribution in [0.3, 0.4) is 0 Å². The van der Waals surface area contributed by atoms with Crippen molar-refractivity contribution in [3.05, 3.63) is 36.4 Å². The summed E-state index contributed by atoms with van der Waals surface area (Å²) in [5.74, 6) is 1.52. The average Bonchev–Trinajstić information content (AvgIpc) is 3.23. The number of nitrogens with zero attached hydrogens (tertiary/aromatic N) is 3. The van der Waals surface area contributed by atoms with Gasteiger partial charge in [0.1, 0.15) is 12.1 Å². The summed E-state index contributed by atoms with van der Waals surface area (Å²) >= 11 is 0. The van der Waals surface area contributed by atoms with Gasteiger partial charge >= 0.3 is 0 Å². The minimum atomic E-state index is 0.697. The highest BCUT2D eigenvalue weighted by molar-refractivity contribution is 5.61. The van der Waals surface area contributed by atoms with Crippen LogP contribution in [0.5, 0.6) is 0 Å². The van der Waals surface area contributed by atoms with Crippen molar-refractivity contribution in [3.63, 3.8) is 0 Å². The normalized spacial score (nSPS) is 14.6. The molecule has 1 fully saturated rings. The van der Waals surface area contributed by atoms with Gasteiger partial charge < -0.3 is 5.32 Å². The maximum absolute atomic E-state index is 4.49. The van der Waals surface area contributed by atoms with E-state index in [1.165, 1.54) is 18.5 Å². The molecule has 0 unspecified atom stereocenters. The Morgan fingerprint density at radius 2 is 2.06 bits per heavy atom. The molecule has 0 aromatic carbocycles. The molecular formula is C13H14N4. The fourth-order valence-corrected chi connectivity index (χ4v) is 1.83. The molecule has 17 heavy (non-hydrogen) atoms. The van der Waals surface area contributed by atoms with E-state index >= 15 is 0 Å². The average molecular weight is 226 g/mol. The van der Waals surface area contributed by atoms with Crippen molar-refractivity contribution >= 4 is 5.82 Å². The Hall–Kier alpha value is -1.97. The van der Waals surface area contributed by atoms with Crippen LogP contribution in [0.25, 0.3) is 11.3 Å². The van der Waals surface area contributed by atoms with Gasteiger partial charge in [-0.15, -0.1) is 0 Å². The van der Waals surface area contributed by atoms with Gasteiger partial charge in [-0.25, -0.2) is 9.97 Å². The van der Waals surface area contributed by atoms with Gasteiger partial charge in [-0.2, -0.15) is 0 Å². The first-order chi connectivity index (χ1) is 8.36. The molecule has 1 aliphatic rings. The van der Waals surface area contributed by atoms with Crippen molar-refractivity contribution < 1.29 is 0 Å². The van der Waals surface area contributed by atoms with Gasteiger partial charge in [0.05, 0.1) is 5.69 Å². The van der Waals surface area contributed by atoms with Crippen LogP contribution in [0.2, 0.25) is 0 Å². The second-order valence-corrected chi connectivity index (χ2v) is 4.28. The summed E-state index contributed by atoms with van der Waals surface area (Å²) in [4.78, 5) is 12.8. The lowest BCUT2D eigenvalue weighted by Gasteiger charge is -2.04. The standard InChI is InChI=1S/C13H14N4/c1-14-13-6-12(16-8-17-13)10-4-5-11(15-7-10)9-2-3-9/h4-9H,2-3H2,1H3,(H,14,16,17). The molecule has 4 nitrogen and oxygen atoms in total. The number of aromatic nitrogens is 3. The van der Waals surface area contributed by atoms with E-state index in [0.717, 1.165) is 17.1 Å². The highest BCUT2D eigenvalue weighted by Gasteiger charge is 2.24. The van der Waals surface area contributed by atoms with Crippen molar-refractivity contribution in [3.8, 4) is 11.3 Å². The summed E-state index contributed by atoms with van der Waals surface area (Å²) in [5, 5.41) is 3.01. The van der Waals surface area contributed by atoms with Gasteiger partial charge in [-0.1, -0.05) is 0 Å². The fraction of sp³-hybridized carbons (Fsp3) is 0.308. The molecule has 4 heteroatoms.